The molecule has 0 amide bonds. The van der Waals surface area contributed by atoms with Crippen LogP contribution in [-0.2, 0) is 13.1 Å². The van der Waals surface area contributed by atoms with Crippen LogP contribution in [0.2, 0.25) is 0 Å². The van der Waals surface area contributed by atoms with Gasteiger partial charge in [-0.25, -0.2) is 0 Å². The molecule has 0 aliphatic heterocycles. The Morgan fingerprint density at radius 3 is 2.78 bits per heavy atom. The van der Waals surface area contributed by atoms with Gasteiger partial charge in [0.15, 0.2) is 0 Å². The van der Waals surface area contributed by atoms with Gasteiger partial charge in [0.05, 0.1) is 6.54 Å². The molecule has 1 aromatic rings. The maximum Gasteiger partial charge on any atom is 0.118 e. The lowest BCUT2D eigenvalue weighted by molar-refractivity contribution is 0.310. The van der Waals surface area contributed by atoms with Crippen molar-refractivity contribution in [2.75, 3.05) is 13.6 Å². The predicted octanol–water partition coefficient (Wildman–Crippen LogP) is 2.93. The number of furan rings is 1. The number of nitrogens with one attached hydrogen (secondary N) is 1. The summed E-state index contributed by atoms with van der Waals surface area (Å²) in [4.78, 5) is 2.41. The largest absolute Gasteiger partial charge is 0.465 e. The second kappa shape index (κ2) is 5.89. The topological polar surface area (TPSA) is 28.4 Å². The highest BCUT2D eigenvalue weighted by atomic mass is 16.3. The highest BCUT2D eigenvalue weighted by molar-refractivity contribution is 5.20. The minimum Gasteiger partial charge on any atom is -0.465 e. The molecule has 1 aromatic heterocycles. The molecule has 1 saturated carbocycles. The third-order valence-electron chi connectivity index (χ3n) is 3.46. The average Bonchev–Trinajstić information content (AvgIpc) is 3.01. The Hall–Kier alpha value is -0.800. The van der Waals surface area contributed by atoms with Crippen molar-refractivity contribution in [2.24, 2.45) is 5.92 Å². The Bertz CT molecular complexity index is 380. The van der Waals surface area contributed by atoms with Crippen LogP contribution < -0.4 is 5.32 Å². The minimum atomic E-state index is 0.497. The van der Waals surface area contributed by atoms with E-state index < -0.39 is 0 Å². The fraction of sp³-hybridized carbons (Fsp3) is 0.733. The van der Waals surface area contributed by atoms with Gasteiger partial charge in [-0.05, 0) is 38.8 Å². The van der Waals surface area contributed by atoms with Crippen molar-refractivity contribution in [1.82, 2.24) is 10.2 Å². The van der Waals surface area contributed by atoms with Gasteiger partial charge in [-0.15, -0.1) is 0 Å². The van der Waals surface area contributed by atoms with Crippen LogP contribution in [0, 0.1) is 12.8 Å². The summed E-state index contributed by atoms with van der Waals surface area (Å²) in [7, 11) is 2.21. The van der Waals surface area contributed by atoms with Gasteiger partial charge < -0.3 is 14.6 Å². The Kier molecular flexibility index (Phi) is 4.46. The van der Waals surface area contributed by atoms with Gasteiger partial charge in [0.1, 0.15) is 11.5 Å². The lowest BCUT2D eigenvalue weighted by Gasteiger charge is -2.15. The molecule has 0 aromatic carbocycles. The van der Waals surface area contributed by atoms with Crippen molar-refractivity contribution >= 4 is 0 Å². The second-order valence-corrected chi connectivity index (χ2v) is 5.97. The fourth-order valence-corrected chi connectivity index (χ4v) is 2.23. The molecule has 1 aliphatic rings. The van der Waals surface area contributed by atoms with Crippen LogP contribution in [0.1, 0.15) is 43.8 Å². The molecule has 3 heteroatoms. The first-order valence-electron chi connectivity index (χ1n) is 7.04. The third-order valence-corrected chi connectivity index (χ3v) is 3.46. The van der Waals surface area contributed by atoms with Crippen LogP contribution in [0.3, 0.4) is 0 Å². The maximum atomic E-state index is 5.80. The van der Waals surface area contributed by atoms with E-state index in [1.165, 1.54) is 24.9 Å². The van der Waals surface area contributed by atoms with Crippen molar-refractivity contribution in [3.05, 3.63) is 23.2 Å². The fourth-order valence-electron chi connectivity index (χ4n) is 2.23. The van der Waals surface area contributed by atoms with Crippen molar-refractivity contribution in [3.8, 4) is 0 Å². The Labute approximate surface area is 111 Å². The summed E-state index contributed by atoms with van der Waals surface area (Å²) in [5, 5.41) is 3.39. The van der Waals surface area contributed by atoms with E-state index in [-0.39, 0.29) is 0 Å². The van der Waals surface area contributed by atoms with Crippen molar-refractivity contribution in [1.29, 1.82) is 0 Å². The summed E-state index contributed by atoms with van der Waals surface area (Å²) in [6, 6.07) is 2.70. The van der Waals surface area contributed by atoms with E-state index in [9.17, 15) is 0 Å². The van der Waals surface area contributed by atoms with E-state index in [1.807, 2.05) is 0 Å². The smallest absolute Gasteiger partial charge is 0.118 e. The molecule has 0 atom stereocenters. The molecule has 0 saturated heterocycles. The first-order valence-corrected chi connectivity index (χ1v) is 7.04. The molecule has 1 fully saturated rings. The molecule has 0 spiro atoms. The van der Waals surface area contributed by atoms with Gasteiger partial charge in [0.2, 0.25) is 0 Å². The van der Waals surface area contributed by atoms with Crippen LogP contribution in [0.25, 0.3) is 0 Å². The number of rotatable bonds is 7. The Balaban J connectivity index is 1.86. The number of hydrogen-bond donors (Lipinski definition) is 1. The van der Waals surface area contributed by atoms with E-state index in [0.717, 1.165) is 30.5 Å². The molecule has 0 unspecified atom stereocenters. The zero-order valence-corrected chi connectivity index (χ0v) is 12.1. The van der Waals surface area contributed by atoms with E-state index in [0.29, 0.717) is 6.04 Å². The summed E-state index contributed by atoms with van der Waals surface area (Å²) in [5.41, 5.74) is 1.33. The first-order chi connectivity index (χ1) is 8.54. The SMILES string of the molecule is Cc1oc(CNC(C)C)cc1CN(C)CC1CC1. The first kappa shape index (κ1) is 13.6. The van der Waals surface area contributed by atoms with E-state index in [4.69, 9.17) is 4.42 Å². The summed E-state index contributed by atoms with van der Waals surface area (Å²) < 4.78 is 5.80. The van der Waals surface area contributed by atoms with Crippen LogP contribution in [0.15, 0.2) is 10.5 Å². The lowest BCUT2D eigenvalue weighted by atomic mass is 10.2. The molecule has 102 valence electrons. The summed E-state index contributed by atoms with van der Waals surface area (Å²) in [6.45, 7) is 9.43. The monoisotopic (exact) mass is 250 g/mol. The predicted molar refractivity (Wildman–Crippen MR) is 74.5 cm³/mol. The van der Waals surface area contributed by atoms with Crippen molar-refractivity contribution < 1.29 is 4.42 Å². The zero-order chi connectivity index (χ0) is 13.1. The summed E-state index contributed by atoms with van der Waals surface area (Å²) in [5.74, 6) is 3.07. The Morgan fingerprint density at radius 2 is 2.17 bits per heavy atom. The molecule has 1 heterocycles. The summed E-state index contributed by atoms with van der Waals surface area (Å²) >= 11 is 0. The quantitative estimate of drug-likeness (QED) is 0.806. The molecule has 0 radical (unpaired) electrons. The normalized spacial score (nSPS) is 15.9. The van der Waals surface area contributed by atoms with E-state index in [1.54, 1.807) is 0 Å². The minimum absolute atomic E-state index is 0.497. The van der Waals surface area contributed by atoms with Crippen molar-refractivity contribution in [2.45, 2.75) is 52.7 Å². The van der Waals surface area contributed by atoms with Gasteiger partial charge in [0.25, 0.3) is 0 Å². The van der Waals surface area contributed by atoms with E-state index in [2.05, 4.69) is 44.1 Å². The van der Waals surface area contributed by atoms with Gasteiger partial charge >= 0.3 is 0 Å². The van der Waals surface area contributed by atoms with Crippen molar-refractivity contribution in [3.63, 3.8) is 0 Å². The van der Waals surface area contributed by atoms with Crippen LogP contribution in [-0.4, -0.2) is 24.5 Å². The molecular formula is C15H26N2O. The van der Waals surface area contributed by atoms with Crippen LogP contribution in [0.4, 0.5) is 0 Å². The second-order valence-electron chi connectivity index (χ2n) is 5.97. The number of aryl methyl sites for hydroxylation is 1. The molecule has 0 bridgehead atoms. The average molecular weight is 250 g/mol. The third kappa shape index (κ3) is 4.14. The lowest BCUT2D eigenvalue weighted by Crippen LogP contribution is -2.21. The highest BCUT2D eigenvalue weighted by Gasteiger charge is 2.23. The van der Waals surface area contributed by atoms with Crippen LogP contribution >= 0.6 is 0 Å². The molecule has 1 aliphatic carbocycles. The van der Waals surface area contributed by atoms with Crippen LogP contribution in [0.5, 0.6) is 0 Å². The van der Waals surface area contributed by atoms with Gasteiger partial charge in [0, 0.05) is 24.7 Å². The molecular weight excluding hydrogens is 224 g/mol. The van der Waals surface area contributed by atoms with E-state index >= 15 is 0 Å². The highest BCUT2D eigenvalue weighted by Crippen LogP contribution is 2.30. The van der Waals surface area contributed by atoms with Gasteiger partial charge in [-0.1, -0.05) is 13.8 Å². The number of hydrogen-bond acceptors (Lipinski definition) is 3. The zero-order valence-electron chi connectivity index (χ0n) is 12.1. The molecule has 1 N–H and O–H groups in total. The standard InChI is InChI=1S/C15H26N2O/c1-11(2)16-8-15-7-14(12(3)18-15)10-17(4)9-13-5-6-13/h7,11,13,16H,5-6,8-10H2,1-4H3. The number of nitrogens with zero attached hydrogens (tertiary/aromatic N) is 1. The van der Waals surface area contributed by atoms with Gasteiger partial charge in [-0.3, -0.25) is 0 Å². The molecule has 18 heavy (non-hydrogen) atoms. The molecule has 3 nitrogen and oxygen atoms in total. The maximum absolute atomic E-state index is 5.80. The van der Waals surface area contributed by atoms with Gasteiger partial charge in [-0.2, -0.15) is 0 Å². The molecule has 2 rings (SSSR count). The Morgan fingerprint density at radius 1 is 1.44 bits per heavy atom. The summed E-state index contributed by atoms with van der Waals surface area (Å²) in [6.07, 6.45) is 2.83.